The van der Waals surface area contributed by atoms with Gasteiger partial charge in [-0.3, -0.25) is 0 Å². The number of hydrogen-bond acceptors (Lipinski definition) is 5. The summed E-state index contributed by atoms with van der Waals surface area (Å²) in [6.45, 7) is 5.72. The van der Waals surface area contributed by atoms with Crippen molar-refractivity contribution in [3.8, 4) is 0 Å². The Balaban J connectivity index is 1.55. The van der Waals surface area contributed by atoms with Crippen LogP contribution in [0, 0.1) is 0 Å². The van der Waals surface area contributed by atoms with Crippen LogP contribution in [0.2, 0.25) is 0 Å². The Hall–Kier alpha value is -2.15. The molecule has 4 rings (SSSR count). The van der Waals surface area contributed by atoms with Crippen molar-refractivity contribution in [3.63, 3.8) is 0 Å². The van der Waals surface area contributed by atoms with Crippen molar-refractivity contribution in [3.05, 3.63) is 108 Å². The minimum atomic E-state index is -0.263. The smallest absolute Gasteiger partial charge is 0.132 e. The summed E-state index contributed by atoms with van der Waals surface area (Å²) in [5.74, 6) is 0.934. The topological polar surface area (TPSA) is 36.9 Å². The van der Waals surface area contributed by atoms with Crippen LogP contribution >= 0.6 is 11.8 Å². The van der Waals surface area contributed by atoms with E-state index in [1.165, 1.54) is 0 Å². The first kappa shape index (κ1) is 25.0. The third kappa shape index (κ3) is 6.94. The largest absolute Gasteiger partial charge is 0.368 e. The molecule has 0 spiro atoms. The molecular formula is C29H34O4S. The minimum Gasteiger partial charge on any atom is -0.368 e. The fourth-order valence-electron chi connectivity index (χ4n) is 4.17. The highest BCUT2D eigenvalue weighted by Gasteiger charge is 2.46. The zero-order chi connectivity index (χ0) is 23.6. The summed E-state index contributed by atoms with van der Waals surface area (Å²) in [5.41, 5.74) is 3.26. The molecular weight excluding hydrogens is 444 g/mol. The van der Waals surface area contributed by atoms with Crippen LogP contribution in [0.1, 0.15) is 30.5 Å². The van der Waals surface area contributed by atoms with E-state index in [1.807, 2.05) is 54.6 Å². The van der Waals surface area contributed by atoms with Crippen LogP contribution in [-0.4, -0.2) is 35.6 Å². The molecule has 0 saturated carbocycles. The molecule has 0 unspecified atom stereocenters. The average Bonchev–Trinajstić information content (AvgIpc) is 2.88. The highest BCUT2D eigenvalue weighted by molar-refractivity contribution is 7.99. The van der Waals surface area contributed by atoms with Gasteiger partial charge in [-0.1, -0.05) is 97.9 Å². The molecule has 180 valence electrons. The second-order valence-electron chi connectivity index (χ2n) is 8.45. The summed E-state index contributed by atoms with van der Waals surface area (Å²) >= 11 is 1.76. The molecule has 0 aromatic heterocycles. The summed E-state index contributed by atoms with van der Waals surface area (Å²) < 4.78 is 26.0. The van der Waals surface area contributed by atoms with Gasteiger partial charge in [0, 0.05) is 0 Å². The maximum Gasteiger partial charge on any atom is 0.132 e. The van der Waals surface area contributed by atoms with E-state index in [0.717, 1.165) is 22.4 Å². The van der Waals surface area contributed by atoms with Gasteiger partial charge in [0.15, 0.2) is 0 Å². The molecule has 34 heavy (non-hydrogen) atoms. The molecule has 3 aromatic rings. The molecule has 1 saturated heterocycles. The minimum absolute atomic E-state index is 0.120. The molecule has 1 aliphatic rings. The zero-order valence-electron chi connectivity index (χ0n) is 19.9. The monoisotopic (exact) mass is 478 g/mol. The van der Waals surface area contributed by atoms with E-state index in [9.17, 15) is 0 Å². The number of rotatable bonds is 11. The highest BCUT2D eigenvalue weighted by Crippen LogP contribution is 2.34. The van der Waals surface area contributed by atoms with Crippen LogP contribution < -0.4 is 0 Å². The third-order valence-corrected chi connectivity index (χ3v) is 6.96. The summed E-state index contributed by atoms with van der Waals surface area (Å²) in [5, 5.41) is 0. The fraction of sp³-hybridized carbons (Fsp3) is 0.379. The molecule has 5 atom stereocenters. The summed E-state index contributed by atoms with van der Waals surface area (Å²) in [6, 6.07) is 30.7. The predicted molar refractivity (Wildman–Crippen MR) is 138 cm³/mol. The maximum atomic E-state index is 6.57. The van der Waals surface area contributed by atoms with Crippen LogP contribution in [0.25, 0.3) is 0 Å². The van der Waals surface area contributed by atoms with Gasteiger partial charge in [-0.2, -0.15) is 0 Å². The Bertz CT molecular complexity index is 954. The molecule has 1 heterocycles. The zero-order valence-corrected chi connectivity index (χ0v) is 20.7. The van der Waals surface area contributed by atoms with Gasteiger partial charge in [-0.05, 0) is 29.4 Å². The van der Waals surface area contributed by atoms with E-state index >= 15 is 0 Å². The van der Waals surface area contributed by atoms with E-state index in [-0.39, 0.29) is 29.9 Å². The van der Waals surface area contributed by atoms with Gasteiger partial charge < -0.3 is 18.9 Å². The van der Waals surface area contributed by atoms with Crippen LogP contribution in [-0.2, 0) is 38.8 Å². The van der Waals surface area contributed by atoms with Crippen molar-refractivity contribution >= 4 is 11.8 Å². The van der Waals surface area contributed by atoms with Gasteiger partial charge in [0.05, 0.1) is 25.9 Å². The van der Waals surface area contributed by atoms with Crippen molar-refractivity contribution < 1.29 is 18.9 Å². The molecule has 0 amide bonds. The lowest BCUT2D eigenvalue weighted by molar-refractivity contribution is -0.242. The Morgan fingerprint density at radius 2 is 1.03 bits per heavy atom. The molecule has 0 N–H and O–H groups in total. The summed E-state index contributed by atoms with van der Waals surface area (Å²) in [4.78, 5) is 0. The van der Waals surface area contributed by atoms with E-state index in [0.29, 0.717) is 19.8 Å². The normalized spacial score (nSPS) is 24.7. The second-order valence-corrected chi connectivity index (χ2v) is 9.82. The van der Waals surface area contributed by atoms with Gasteiger partial charge in [0.1, 0.15) is 23.7 Å². The maximum absolute atomic E-state index is 6.57. The lowest BCUT2D eigenvalue weighted by Gasteiger charge is -2.45. The SMILES string of the molecule is CCS[C@@H]1O[C@@H](C)[C@@H](OCc2ccccc2)[C@@H](OCc2ccccc2)[C@@H]1OCc1ccccc1. The van der Waals surface area contributed by atoms with E-state index in [2.05, 4.69) is 50.2 Å². The van der Waals surface area contributed by atoms with Crippen LogP contribution in [0.5, 0.6) is 0 Å². The molecule has 0 radical (unpaired) electrons. The first-order valence-corrected chi connectivity index (χ1v) is 13.0. The van der Waals surface area contributed by atoms with Crippen molar-refractivity contribution in [1.29, 1.82) is 0 Å². The first-order valence-electron chi connectivity index (χ1n) is 12.0. The van der Waals surface area contributed by atoms with Crippen molar-refractivity contribution in [2.45, 2.75) is 63.5 Å². The molecule has 1 fully saturated rings. The Kier molecular flexibility index (Phi) is 9.60. The van der Waals surface area contributed by atoms with E-state index in [4.69, 9.17) is 18.9 Å². The lowest BCUT2D eigenvalue weighted by atomic mass is 9.99. The van der Waals surface area contributed by atoms with Crippen LogP contribution in [0.4, 0.5) is 0 Å². The Labute approximate surface area is 207 Å². The quantitative estimate of drug-likeness (QED) is 0.326. The lowest BCUT2D eigenvalue weighted by Crippen LogP contribution is -2.58. The Morgan fingerprint density at radius 3 is 1.47 bits per heavy atom. The first-order chi connectivity index (χ1) is 16.7. The number of hydrogen-bond donors (Lipinski definition) is 0. The summed E-state index contributed by atoms with van der Waals surface area (Å²) in [6.07, 6.45) is -0.894. The second kappa shape index (κ2) is 13.1. The standard InChI is InChI=1S/C29H34O4S/c1-3-34-29-28(32-21-25-17-11-6-12-18-25)27(31-20-24-15-9-5-10-16-24)26(22(2)33-29)30-19-23-13-7-4-8-14-23/h4-18,22,26-29H,3,19-21H2,1-2H3/t22-,26+,27+,28-,29-/m0/s1. The highest BCUT2D eigenvalue weighted by atomic mass is 32.2. The van der Waals surface area contributed by atoms with Crippen LogP contribution in [0.15, 0.2) is 91.0 Å². The van der Waals surface area contributed by atoms with E-state index in [1.54, 1.807) is 11.8 Å². The molecule has 0 aliphatic carbocycles. The van der Waals surface area contributed by atoms with Crippen LogP contribution in [0.3, 0.4) is 0 Å². The predicted octanol–water partition coefficient (Wildman–Crippen LogP) is 6.24. The van der Waals surface area contributed by atoms with Gasteiger partial charge in [-0.25, -0.2) is 0 Å². The van der Waals surface area contributed by atoms with Gasteiger partial charge >= 0.3 is 0 Å². The van der Waals surface area contributed by atoms with Crippen molar-refractivity contribution in [2.75, 3.05) is 5.75 Å². The number of ether oxygens (including phenoxy) is 4. The van der Waals surface area contributed by atoms with Gasteiger partial charge in [0.2, 0.25) is 0 Å². The third-order valence-electron chi connectivity index (χ3n) is 5.91. The van der Waals surface area contributed by atoms with Crippen molar-refractivity contribution in [2.24, 2.45) is 0 Å². The fourth-order valence-corrected chi connectivity index (χ4v) is 5.17. The molecule has 0 bridgehead atoms. The molecule has 5 heteroatoms. The molecule has 4 nitrogen and oxygen atoms in total. The molecule has 1 aliphatic heterocycles. The number of benzene rings is 3. The Morgan fingerprint density at radius 1 is 0.618 bits per heavy atom. The van der Waals surface area contributed by atoms with Gasteiger partial charge in [-0.15, -0.1) is 11.8 Å². The van der Waals surface area contributed by atoms with Crippen molar-refractivity contribution in [1.82, 2.24) is 0 Å². The average molecular weight is 479 g/mol. The number of thioether (sulfide) groups is 1. The molecule has 3 aromatic carbocycles. The summed E-state index contributed by atoms with van der Waals surface area (Å²) in [7, 11) is 0. The van der Waals surface area contributed by atoms with Gasteiger partial charge in [0.25, 0.3) is 0 Å². The van der Waals surface area contributed by atoms with E-state index < -0.39 is 0 Å².